The van der Waals surface area contributed by atoms with Gasteiger partial charge in [0.05, 0.1) is 5.75 Å². The molecule has 1 amide bonds. The number of rotatable bonds is 9. The SMILES string of the molecule is O=C(NCCSCc1ccccc1F)c1ccc(CS(=O)(=O)N2CCCC2)cc1. The van der Waals surface area contributed by atoms with Crippen LogP contribution >= 0.6 is 11.8 Å². The van der Waals surface area contributed by atoms with Crippen LogP contribution in [0.2, 0.25) is 0 Å². The van der Waals surface area contributed by atoms with Crippen molar-refractivity contribution in [3.05, 3.63) is 71.0 Å². The standard InChI is InChI=1S/C21H25FN2O3S2/c22-20-6-2-1-5-19(20)15-28-14-11-23-21(25)18-9-7-17(8-10-18)16-29(26,27)24-12-3-4-13-24/h1-2,5-10H,3-4,11-16H2,(H,23,25). The number of halogens is 1. The minimum atomic E-state index is -3.29. The Kier molecular flexibility index (Phi) is 7.69. The Hall–Kier alpha value is -1.90. The Morgan fingerprint density at radius 3 is 2.45 bits per heavy atom. The van der Waals surface area contributed by atoms with E-state index < -0.39 is 10.0 Å². The summed E-state index contributed by atoms with van der Waals surface area (Å²) in [5.74, 6) is 0.776. The Morgan fingerprint density at radius 1 is 1.07 bits per heavy atom. The van der Waals surface area contributed by atoms with Crippen molar-refractivity contribution in [2.24, 2.45) is 0 Å². The van der Waals surface area contributed by atoms with E-state index in [1.54, 1.807) is 54.2 Å². The van der Waals surface area contributed by atoms with E-state index in [1.807, 2.05) is 0 Å². The van der Waals surface area contributed by atoms with Crippen molar-refractivity contribution < 1.29 is 17.6 Å². The van der Waals surface area contributed by atoms with Crippen LogP contribution in [0, 0.1) is 5.82 Å². The summed E-state index contributed by atoms with van der Waals surface area (Å²) in [5, 5.41) is 2.83. The first-order valence-corrected chi connectivity index (χ1v) is 12.4. The van der Waals surface area contributed by atoms with Gasteiger partial charge in [0.25, 0.3) is 5.91 Å². The van der Waals surface area contributed by atoms with Crippen LogP contribution in [0.1, 0.15) is 34.3 Å². The molecule has 29 heavy (non-hydrogen) atoms. The molecule has 1 N–H and O–H groups in total. The van der Waals surface area contributed by atoms with E-state index >= 15 is 0 Å². The Labute approximate surface area is 175 Å². The van der Waals surface area contributed by atoms with Crippen LogP contribution in [-0.2, 0) is 21.5 Å². The number of nitrogens with zero attached hydrogens (tertiary/aromatic N) is 1. The van der Waals surface area contributed by atoms with Gasteiger partial charge >= 0.3 is 0 Å². The average Bonchev–Trinajstić information content (AvgIpc) is 3.25. The summed E-state index contributed by atoms with van der Waals surface area (Å²) in [4.78, 5) is 12.2. The van der Waals surface area contributed by atoms with Crippen molar-refractivity contribution in [3.8, 4) is 0 Å². The maximum atomic E-state index is 13.5. The molecule has 0 bridgehead atoms. The number of carbonyl (C=O) groups excluding carboxylic acids is 1. The molecule has 1 fully saturated rings. The van der Waals surface area contributed by atoms with Gasteiger partial charge in [0.1, 0.15) is 5.82 Å². The van der Waals surface area contributed by atoms with Gasteiger partial charge in [-0.3, -0.25) is 4.79 Å². The molecule has 0 unspecified atom stereocenters. The molecule has 0 spiro atoms. The lowest BCUT2D eigenvalue weighted by Gasteiger charge is -2.15. The molecule has 3 rings (SSSR count). The highest BCUT2D eigenvalue weighted by Gasteiger charge is 2.25. The van der Waals surface area contributed by atoms with Crippen molar-refractivity contribution in [2.75, 3.05) is 25.4 Å². The molecule has 0 saturated carbocycles. The van der Waals surface area contributed by atoms with Crippen LogP contribution in [0.25, 0.3) is 0 Å². The highest BCUT2D eigenvalue weighted by Crippen LogP contribution is 2.18. The highest BCUT2D eigenvalue weighted by molar-refractivity contribution is 7.98. The number of nitrogens with one attached hydrogen (secondary N) is 1. The molecule has 0 aliphatic carbocycles. The summed E-state index contributed by atoms with van der Waals surface area (Å²) in [6.07, 6.45) is 1.83. The molecular formula is C21H25FN2O3S2. The van der Waals surface area contributed by atoms with Crippen LogP contribution in [0.5, 0.6) is 0 Å². The van der Waals surface area contributed by atoms with E-state index in [0.29, 0.717) is 47.8 Å². The Morgan fingerprint density at radius 2 is 1.76 bits per heavy atom. The number of hydrogen-bond acceptors (Lipinski definition) is 4. The van der Waals surface area contributed by atoms with Crippen LogP contribution in [-0.4, -0.2) is 44.0 Å². The minimum absolute atomic E-state index is 0.0401. The third kappa shape index (κ3) is 6.29. The fourth-order valence-corrected chi connectivity index (χ4v) is 5.61. The number of sulfonamides is 1. The zero-order valence-electron chi connectivity index (χ0n) is 16.1. The van der Waals surface area contributed by atoms with Gasteiger partial charge in [0.15, 0.2) is 0 Å². The van der Waals surface area contributed by atoms with Gasteiger partial charge < -0.3 is 5.32 Å². The average molecular weight is 437 g/mol. The van der Waals surface area contributed by atoms with Crippen LogP contribution < -0.4 is 5.32 Å². The maximum Gasteiger partial charge on any atom is 0.251 e. The normalized spacial score (nSPS) is 14.8. The van der Waals surface area contributed by atoms with Gasteiger partial charge in [-0.05, 0) is 42.2 Å². The van der Waals surface area contributed by atoms with E-state index in [-0.39, 0.29) is 17.5 Å². The molecule has 0 aromatic heterocycles. The lowest BCUT2D eigenvalue weighted by atomic mass is 10.1. The molecule has 0 radical (unpaired) electrons. The van der Waals surface area contributed by atoms with E-state index in [9.17, 15) is 17.6 Å². The molecule has 2 aromatic carbocycles. The molecule has 5 nitrogen and oxygen atoms in total. The van der Waals surface area contributed by atoms with Crippen LogP contribution in [0.15, 0.2) is 48.5 Å². The number of hydrogen-bond donors (Lipinski definition) is 1. The fraction of sp³-hybridized carbons (Fsp3) is 0.381. The smallest absolute Gasteiger partial charge is 0.251 e. The Balaban J connectivity index is 1.42. The van der Waals surface area contributed by atoms with Gasteiger partial charge in [-0.1, -0.05) is 30.3 Å². The third-order valence-corrected chi connectivity index (χ3v) is 7.63. The molecule has 1 aliphatic heterocycles. The van der Waals surface area contributed by atoms with Crippen molar-refractivity contribution in [1.29, 1.82) is 0 Å². The second kappa shape index (κ2) is 10.2. The van der Waals surface area contributed by atoms with Crippen LogP contribution in [0.4, 0.5) is 4.39 Å². The molecule has 156 valence electrons. The maximum absolute atomic E-state index is 13.5. The second-order valence-electron chi connectivity index (χ2n) is 6.96. The first-order valence-electron chi connectivity index (χ1n) is 9.62. The largest absolute Gasteiger partial charge is 0.351 e. The monoisotopic (exact) mass is 436 g/mol. The van der Waals surface area contributed by atoms with Crippen molar-refractivity contribution in [1.82, 2.24) is 9.62 Å². The lowest BCUT2D eigenvalue weighted by molar-refractivity contribution is 0.0956. The highest BCUT2D eigenvalue weighted by atomic mass is 32.2. The van der Waals surface area contributed by atoms with Crippen molar-refractivity contribution >= 4 is 27.7 Å². The summed E-state index contributed by atoms with van der Waals surface area (Å²) >= 11 is 1.55. The second-order valence-corrected chi connectivity index (χ2v) is 10.0. The molecule has 8 heteroatoms. The first kappa shape index (κ1) is 21.8. The van der Waals surface area contributed by atoms with Crippen molar-refractivity contribution in [3.63, 3.8) is 0 Å². The molecule has 1 heterocycles. The summed E-state index contributed by atoms with van der Waals surface area (Å²) in [6, 6.07) is 13.3. The van der Waals surface area contributed by atoms with Crippen molar-refractivity contribution in [2.45, 2.75) is 24.3 Å². The Bertz CT molecular complexity index is 927. The number of benzene rings is 2. The summed E-state index contributed by atoms with van der Waals surface area (Å²) in [7, 11) is -3.29. The van der Waals surface area contributed by atoms with Crippen LogP contribution in [0.3, 0.4) is 0 Å². The summed E-state index contributed by atoms with van der Waals surface area (Å²) in [6.45, 7) is 1.67. The summed E-state index contributed by atoms with van der Waals surface area (Å²) < 4.78 is 39.8. The van der Waals surface area contributed by atoms with E-state index in [0.717, 1.165) is 12.8 Å². The molecular weight excluding hydrogens is 411 g/mol. The van der Waals surface area contributed by atoms with E-state index in [2.05, 4.69) is 5.32 Å². The first-order chi connectivity index (χ1) is 14.0. The quantitative estimate of drug-likeness (QED) is 0.612. The minimum Gasteiger partial charge on any atom is -0.351 e. The van der Waals surface area contributed by atoms with Gasteiger partial charge in [-0.25, -0.2) is 17.1 Å². The number of amides is 1. The topological polar surface area (TPSA) is 66.5 Å². The van der Waals surface area contributed by atoms with Gasteiger partial charge in [0, 0.05) is 36.7 Å². The number of thioether (sulfide) groups is 1. The van der Waals surface area contributed by atoms with E-state index in [1.165, 1.54) is 10.4 Å². The molecule has 2 aromatic rings. The lowest BCUT2D eigenvalue weighted by Crippen LogP contribution is -2.29. The van der Waals surface area contributed by atoms with E-state index in [4.69, 9.17) is 0 Å². The third-order valence-electron chi connectivity index (χ3n) is 4.77. The summed E-state index contributed by atoms with van der Waals surface area (Å²) in [5.41, 5.74) is 1.82. The number of carbonyl (C=O) groups is 1. The predicted octanol–water partition coefficient (Wildman–Crippen LogP) is 3.41. The predicted molar refractivity (Wildman–Crippen MR) is 115 cm³/mol. The zero-order valence-corrected chi connectivity index (χ0v) is 17.8. The van der Waals surface area contributed by atoms with Gasteiger partial charge in [-0.2, -0.15) is 11.8 Å². The zero-order chi connectivity index (χ0) is 20.7. The van der Waals surface area contributed by atoms with Gasteiger partial charge in [0.2, 0.25) is 10.0 Å². The fourth-order valence-electron chi connectivity index (χ4n) is 3.16. The molecule has 1 saturated heterocycles. The van der Waals surface area contributed by atoms with Gasteiger partial charge in [-0.15, -0.1) is 0 Å². The molecule has 0 atom stereocenters. The molecule has 1 aliphatic rings.